The van der Waals surface area contributed by atoms with Crippen LogP contribution in [0.1, 0.15) is 10.4 Å². The first-order valence-electron chi connectivity index (χ1n) is 5.90. The molecule has 0 aliphatic heterocycles. The van der Waals surface area contributed by atoms with E-state index >= 15 is 0 Å². The number of hydrogen-bond acceptors (Lipinski definition) is 5. The summed E-state index contributed by atoms with van der Waals surface area (Å²) >= 11 is 3.64. The molecule has 2 rings (SSSR count). The molecule has 22 heavy (non-hydrogen) atoms. The van der Waals surface area contributed by atoms with Crippen LogP contribution >= 0.6 is 12.6 Å². The molecule has 0 spiro atoms. The second-order valence-corrected chi connectivity index (χ2v) is 6.33. The maximum atomic E-state index is 12.2. The molecule has 0 saturated heterocycles. The molecule has 2 aromatic rings. The molecule has 0 unspecified atom stereocenters. The van der Waals surface area contributed by atoms with E-state index in [1.54, 1.807) is 0 Å². The number of non-ortho nitro benzene ring substituents is 1. The van der Waals surface area contributed by atoms with Crippen molar-refractivity contribution in [1.82, 2.24) is 0 Å². The van der Waals surface area contributed by atoms with Crippen molar-refractivity contribution in [2.75, 3.05) is 4.72 Å². The number of nitrogens with one attached hydrogen (secondary N) is 1. The summed E-state index contributed by atoms with van der Waals surface area (Å²) in [5.74, 6) is 0. The van der Waals surface area contributed by atoms with Gasteiger partial charge in [-0.25, -0.2) is 8.42 Å². The standard InChI is InChI=1S/C13H10N2O5S2/c16-13(21)9-2-1-3-12(8-9)22(19,20)14-10-4-6-11(7-5-10)15(17)18/h1-8,14H,(H,16,21). The highest BCUT2D eigenvalue weighted by molar-refractivity contribution is 7.97. The fraction of sp³-hybridized carbons (Fsp3) is 0. The van der Waals surface area contributed by atoms with Crippen molar-refractivity contribution in [1.29, 1.82) is 0 Å². The van der Waals surface area contributed by atoms with E-state index in [1.165, 1.54) is 48.5 Å². The number of nitro benzene ring substituents is 1. The number of carbonyl (C=O) groups is 1. The minimum atomic E-state index is -3.91. The van der Waals surface area contributed by atoms with Gasteiger partial charge in [0.2, 0.25) is 5.12 Å². The zero-order valence-corrected chi connectivity index (χ0v) is 12.7. The molecule has 0 heterocycles. The van der Waals surface area contributed by atoms with Gasteiger partial charge < -0.3 is 0 Å². The summed E-state index contributed by atoms with van der Waals surface area (Å²) in [6.45, 7) is 0. The van der Waals surface area contributed by atoms with E-state index in [4.69, 9.17) is 0 Å². The van der Waals surface area contributed by atoms with Gasteiger partial charge in [-0.05, 0) is 24.3 Å². The molecule has 0 aliphatic rings. The Bertz CT molecular complexity index is 832. The fourth-order valence-electron chi connectivity index (χ4n) is 1.66. The minimum absolute atomic E-state index is 0.106. The van der Waals surface area contributed by atoms with Crippen molar-refractivity contribution in [3.63, 3.8) is 0 Å². The quantitative estimate of drug-likeness (QED) is 0.495. The Morgan fingerprint density at radius 2 is 1.77 bits per heavy atom. The van der Waals surface area contributed by atoms with Crippen LogP contribution in [-0.2, 0) is 10.0 Å². The molecule has 7 nitrogen and oxygen atoms in total. The molecular weight excluding hydrogens is 328 g/mol. The van der Waals surface area contributed by atoms with Crippen molar-refractivity contribution in [3.05, 3.63) is 64.2 Å². The predicted molar refractivity (Wildman–Crippen MR) is 83.7 cm³/mol. The molecule has 0 aromatic heterocycles. The Balaban J connectivity index is 2.29. The van der Waals surface area contributed by atoms with E-state index < -0.39 is 20.1 Å². The van der Waals surface area contributed by atoms with Crippen LogP contribution in [0.4, 0.5) is 11.4 Å². The third kappa shape index (κ3) is 3.62. The van der Waals surface area contributed by atoms with Gasteiger partial charge in [0.25, 0.3) is 15.7 Å². The van der Waals surface area contributed by atoms with Crippen LogP contribution < -0.4 is 4.72 Å². The molecule has 0 fully saturated rings. The van der Waals surface area contributed by atoms with Crippen molar-refractivity contribution in [3.8, 4) is 0 Å². The lowest BCUT2D eigenvalue weighted by molar-refractivity contribution is -0.384. The number of thiol groups is 1. The smallest absolute Gasteiger partial charge is 0.269 e. The molecule has 2 aromatic carbocycles. The highest BCUT2D eigenvalue weighted by Crippen LogP contribution is 2.20. The predicted octanol–water partition coefficient (Wildman–Crippen LogP) is 2.47. The van der Waals surface area contributed by atoms with Gasteiger partial charge in [0, 0.05) is 23.4 Å². The summed E-state index contributed by atoms with van der Waals surface area (Å²) in [6, 6.07) is 10.3. The van der Waals surface area contributed by atoms with Gasteiger partial charge in [0.1, 0.15) is 0 Å². The number of sulfonamides is 1. The number of nitrogens with zero attached hydrogens (tertiary/aromatic N) is 1. The van der Waals surface area contributed by atoms with Crippen LogP contribution in [0, 0.1) is 10.1 Å². The van der Waals surface area contributed by atoms with Crippen LogP contribution in [0.25, 0.3) is 0 Å². The normalized spacial score (nSPS) is 11.0. The average Bonchev–Trinajstić information content (AvgIpc) is 2.47. The molecule has 1 N–H and O–H groups in total. The summed E-state index contributed by atoms with van der Waals surface area (Å²) in [5.41, 5.74) is 0.175. The Hall–Kier alpha value is -2.39. The summed E-state index contributed by atoms with van der Waals surface area (Å²) in [4.78, 5) is 21.0. The lowest BCUT2D eigenvalue weighted by atomic mass is 10.2. The SMILES string of the molecule is O=C(S)c1cccc(S(=O)(=O)Nc2ccc([N+](=O)[O-])cc2)c1. The first kappa shape index (κ1) is 16.0. The number of benzene rings is 2. The first-order chi connectivity index (χ1) is 10.3. The number of carbonyl (C=O) groups excluding carboxylic acids is 1. The van der Waals surface area contributed by atoms with Crippen LogP contribution in [0.5, 0.6) is 0 Å². The first-order valence-corrected chi connectivity index (χ1v) is 7.83. The van der Waals surface area contributed by atoms with Crippen molar-refractivity contribution < 1.29 is 18.1 Å². The Morgan fingerprint density at radius 1 is 1.14 bits per heavy atom. The molecule has 0 saturated carbocycles. The van der Waals surface area contributed by atoms with E-state index in [0.717, 1.165) is 0 Å². The van der Waals surface area contributed by atoms with Gasteiger partial charge >= 0.3 is 0 Å². The topological polar surface area (TPSA) is 106 Å². The van der Waals surface area contributed by atoms with E-state index in [2.05, 4.69) is 17.4 Å². The molecule has 0 atom stereocenters. The zero-order valence-electron chi connectivity index (χ0n) is 11.0. The van der Waals surface area contributed by atoms with E-state index in [-0.39, 0.29) is 21.8 Å². The monoisotopic (exact) mass is 338 g/mol. The van der Waals surface area contributed by atoms with E-state index in [1.807, 2.05) is 0 Å². The van der Waals surface area contributed by atoms with Gasteiger partial charge in [0.15, 0.2) is 0 Å². The molecule has 0 bridgehead atoms. The van der Waals surface area contributed by atoms with Crippen LogP contribution in [0.3, 0.4) is 0 Å². The lowest BCUT2D eigenvalue weighted by Crippen LogP contribution is -2.13. The van der Waals surface area contributed by atoms with Crippen molar-refractivity contribution in [2.24, 2.45) is 0 Å². The maximum Gasteiger partial charge on any atom is 0.269 e. The van der Waals surface area contributed by atoms with Crippen LogP contribution in [0.15, 0.2) is 53.4 Å². The number of anilines is 1. The molecule has 9 heteroatoms. The average molecular weight is 338 g/mol. The van der Waals surface area contributed by atoms with E-state index in [9.17, 15) is 23.3 Å². The Morgan fingerprint density at radius 3 is 2.32 bits per heavy atom. The number of hydrogen-bond donors (Lipinski definition) is 2. The highest BCUT2D eigenvalue weighted by atomic mass is 32.2. The van der Waals surface area contributed by atoms with Gasteiger partial charge in [-0.15, -0.1) is 12.6 Å². The Kier molecular flexibility index (Phi) is 4.48. The number of rotatable bonds is 5. The Labute approximate surface area is 131 Å². The molecule has 0 aliphatic carbocycles. The third-order valence-corrected chi connectivity index (χ3v) is 4.36. The van der Waals surface area contributed by atoms with Crippen LogP contribution in [-0.4, -0.2) is 18.5 Å². The van der Waals surface area contributed by atoms with E-state index in [0.29, 0.717) is 0 Å². The van der Waals surface area contributed by atoms with Gasteiger partial charge in [-0.2, -0.15) is 0 Å². The molecule has 0 amide bonds. The summed E-state index contributed by atoms with van der Waals surface area (Å²) in [6.07, 6.45) is 0. The highest BCUT2D eigenvalue weighted by Gasteiger charge is 2.16. The molecule has 0 radical (unpaired) electrons. The maximum absolute atomic E-state index is 12.2. The minimum Gasteiger partial charge on any atom is -0.282 e. The summed E-state index contributed by atoms with van der Waals surface area (Å²) in [7, 11) is -3.91. The number of nitro groups is 1. The van der Waals surface area contributed by atoms with Crippen molar-refractivity contribution >= 4 is 39.1 Å². The van der Waals surface area contributed by atoms with Gasteiger partial charge in [-0.1, -0.05) is 12.1 Å². The fourth-order valence-corrected chi connectivity index (χ4v) is 2.90. The lowest BCUT2D eigenvalue weighted by Gasteiger charge is -2.08. The second-order valence-electron chi connectivity index (χ2n) is 4.24. The van der Waals surface area contributed by atoms with Crippen molar-refractivity contribution in [2.45, 2.75) is 4.90 Å². The summed E-state index contributed by atoms with van der Waals surface area (Å²) in [5, 5.41) is 10.00. The van der Waals surface area contributed by atoms with Gasteiger partial charge in [0.05, 0.1) is 9.82 Å². The molecule has 114 valence electrons. The third-order valence-electron chi connectivity index (χ3n) is 2.72. The zero-order chi connectivity index (χ0) is 16.3. The summed E-state index contributed by atoms with van der Waals surface area (Å²) < 4.78 is 26.7. The largest absolute Gasteiger partial charge is 0.282 e. The van der Waals surface area contributed by atoms with Crippen LogP contribution in [0.2, 0.25) is 0 Å². The van der Waals surface area contributed by atoms with Gasteiger partial charge in [-0.3, -0.25) is 19.6 Å². The molecular formula is C13H10N2O5S2. The second kappa shape index (κ2) is 6.16.